The number of sulfonamides is 1. The van der Waals surface area contributed by atoms with Gasteiger partial charge in [-0.25, -0.2) is 18.1 Å². The molecule has 146 valence electrons. The SMILES string of the molecule is Cc1cc(C(=O)Nc2cccc(S(=O)(=O)NC3CC3)c2)c2c(C)nn(C)c2n1. The van der Waals surface area contributed by atoms with Crippen molar-refractivity contribution >= 4 is 32.7 Å². The van der Waals surface area contributed by atoms with Crippen molar-refractivity contribution in [3.05, 3.63) is 47.3 Å². The van der Waals surface area contributed by atoms with Gasteiger partial charge in [-0.05, 0) is 51.0 Å². The fourth-order valence-electron chi connectivity index (χ4n) is 3.18. The highest BCUT2D eigenvalue weighted by Crippen LogP contribution is 2.25. The van der Waals surface area contributed by atoms with Crippen LogP contribution in [-0.4, -0.2) is 35.1 Å². The summed E-state index contributed by atoms with van der Waals surface area (Å²) in [6, 6.07) is 7.98. The van der Waals surface area contributed by atoms with Gasteiger partial charge in [0.2, 0.25) is 10.0 Å². The van der Waals surface area contributed by atoms with E-state index in [1.165, 1.54) is 12.1 Å². The second-order valence-corrected chi connectivity index (χ2v) is 8.81. The highest BCUT2D eigenvalue weighted by atomic mass is 32.2. The lowest BCUT2D eigenvalue weighted by Crippen LogP contribution is -2.25. The maximum absolute atomic E-state index is 12.9. The Labute approximate surface area is 163 Å². The quantitative estimate of drug-likeness (QED) is 0.685. The third-order valence-electron chi connectivity index (χ3n) is 4.64. The minimum absolute atomic E-state index is 0.0184. The molecule has 2 aromatic heterocycles. The van der Waals surface area contributed by atoms with Crippen LogP contribution in [0.15, 0.2) is 35.2 Å². The van der Waals surface area contributed by atoms with E-state index < -0.39 is 10.0 Å². The zero-order valence-electron chi connectivity index (χ0n) is 15.9. The highest BCUT2D eigenvalue weighted by Gasteiger charge is 2.28. The van der Waals surface area contributed by atoms with E-state index in [-0.39, 0.29) is 16.8 Å². The van der Waals surface area contributed by atoms with Crippen LogP contribution in [0.5, 0.6) is 0 Å². The molecule has 1 fully saturated rings. The Morgan fingerprint density at radius 3 is 2.68 bits per heavy atom. The topological polar surface area (TPSA) is 106 Å². The molecule has 0 atom stereocenters. The van der Waals surface area contributed by atoms with Crippen LogP contribution in [0.1, 0.15) is 34.6 Å². The maximum Gasteiger partial charge on any atom is 0.256 e. The Kier molecular flexibility index (Phi) is 4.43. The second-order valence-electron chi connectivity index (χ2n) is 7.10. The molecule has 8 nitrogen and oxygen atoms in total. The smallest absolute Gasteiger partial charge is 0.256 e. The number of nitrogens with one attached hydrogen (secondary N) is 2. The van der Waals surface area contributed by atoms with E-state index >= 15 is 0 Å². The molecule has 3 aromatic rings. The summed E-state index contributed by atoms with van der Waals surface area (Å²) < 4.78 is 29.1. The first-order valence-electron chi connectivity index (χ1n) is 8.99. The molecule has 28 heavy (non-hydrogen) atoms. The normalized spacial score (nSPS) is 14.4. The largest absolute Gasteiger partial charge is 0.322 e. The zero-order valence-corrected chi connectivity index (χ0v) is 16.7. The van der Waals surface area contributed by atoms with Gasteiger partial charge in [0.15, 0.2) is 5.65 Å². The molecule has 1 saturated carbocycles. The first kappa shape index (κ1) is 18.6. The number of amides is 1. The van der Waals surface area contributed by atoms with Gasteiger partial charge >= 0.3 is 0 Å². The first-order valence-corrected chi connectivity index (χ1v) is 10.5. The lowest BCUT2D eigenvalue weighted by atomic mass is 10.1. The highest BCUT2D eigenvalue weighted by molar-refractivity contribution is 7.89. The molecule has 0 unspecified atom stereocenters. The summed E-state index contributed by atoms with van der Waals surface area (Å²) in [5, 5.41) is 7.83. The lowest BCUT2D eigenvalue weighted by Gasteiger charge is -2.10. The molecular formula is C19H21N5O3S. The molecule has 1 amide bonds. The third kappa shape index (κ3) is 3.50. The van der Waals surface area contributed by atoms with Gasteiger partial charge in [-0.3, -0.25) is 9.48 Å². The molecule has 0 saturated heterocycles. The van der Waals surface area contributed by atoms with Crippen LogP contribution in [0, 0.1) is 13.8 Å². The predicted molar refractivity (Wildman–Crippen MR) is 106 cm³/mol. The Morgan fingerprint density at radius 2 is 1.96 bits per heavy atom. The molecule has 1 aromatic carbocycles. The number of hydrogen-bond acceptors (Lipinski definition) is 5. The Hall–Kier alpha value is -2.78. The third-order valence-corrected chi connectivity index (χ3v) is 6.16. The monoisotopic (exact) mass is 399 g/mol. The summed E-state index contributed by atoms with van der Waals surface area (Å²) in [6.07, 6.45) is 1.72. The van der Waals surface area contributed by atoms with Crippen molar-refractivity contribution in [3.8, 4) is 0 Å². The van der Waals surface area contributed by atoms with Crippen LogP contribution >= 0.6 is 0 Å². The molecule has 1 aliphatic rings. The van der Waals surface area contributed by atoms with E-state index in [1.54, 1.807) is 29.9 Å². The summed E-state index contributed by atoms with van der Waals surface area (Å²) in [4.78, 5) is 17.5. The number of fused-ring (bicyclic) bond motifs is 1. The molecule has 9 heteroatoms. The number of aromatic nitrogens is 3. The fourth-order valence-corrected chi connectivity index (χ4v) is 4.53. The van der Waals surface area contributed by atoms with Crippen LogP contribution < -0.4 is 10.0 Å². The van der Waals surface area contributed by atoms with Crippen molar-refractivity contribution in [2.24, 2.45) is 7.05 Å². The van der Waals surface area contributed by atoms with Gasteiger partial charge in [-0.15, -0.1) is 0 Å². The van der Waals surface area contributed by atoms with Crippen molar-refractivity contribution in [1.29, 1.82) is 0 Å². The van der Waals surface area contributed by atoms with Gasteiger partial charge in [-0.1, -0.05) is 6.07 Å². The maximum atomic E-state index is 12.9. The van der Waals surface area contributed by atoms with E-state index in [0.29, 0.717) is 33.7 Å². The van der Waals surface area contributed by atoms with Crippen molar-refractivity contribution in [1.82, 2.24) is 19.5 Å². The fraction of sp³-hybridized carbons (Fsp3) is 0.316. The molecule has 0 radical (unpaired) electrons. The van der Waals surface area contributed by atoms with E-state index in [4.69, 9.17) is 0 Å². The van der Waals surface area contributed by atoms with Crippen molar-refractivity contribution < 1.29 is 13.2 Å². The number of anilines is 1. The summed E-state index contributed by atoms with van der Waals surface area (Å²) in [5.41, 5.74) is 2.91. The Balaban J connectivity index is 1.66. The van der Waals surface area contributed by atoms with E-state index in [9.17, 15) is 13.2 Å². The molecule has 0 aliphatic heterocycles. The van der Waals surface area contributed by atoms with Crippen molar-refractivity contribution in [2.75, 3.05) is 5.32 Å². The Morgan fingerprint density at radius 1 is 1.21 bits per heavy atom. The molecule has 4 rings (SSSR count). The summed E-state index contributed by atoms with van der Waals surface area (Å²) in [7, 11) is -1.81. The van der Waals surface area contributed by atoms with Crippen LogP contribution in [-0.2, 0) is 17.1 Å². The van der Waals surface area contributed by atoms with Crippen LogP contribution in [0.3, 0.4) is 0 Å². The molecule has 1 aliphatic carbocycles. The van der Waals surface area contributed by atoms with Crippen LogP contribution in [0.4, 0.5) is 5.69 Å². The number of carbonyl (C=O) groups excluding carboxylic acids is 1. The van der Waals surface area contributed by atoms with Gasteiger partial charge in [0.1, 0.15) is 0 Å². The summed E-state index contributed by atoms with van der Waals surface area (Å²) in [5.74, 6) is -0.337. The molecule has 2 N–H and O–H groups in total. The van der Waals surface area contributed by atoms with E-state index in [1.807, 2.05) is 13.8 Å². The number of hydrogen-bond donors (Lipinski definition) is 2. The number of benzene rings is 1. The molecule has 0 bridgehead atoms. The second kappa shape index (κ2) is 6.68. The number of aryl methyl sites for hydroxylation is 3. The molecular weight excluding hydrogens is 378 g/mol. The van der Waals surface area contributed by atoms with Crippen LogP contribution in [0.2, 0.25) is 0 Å². The minimum Gasteiger partial charge on any atom is -0.322 e. The average Bonchev–Trinajstić information content (AvgIpc) is 3.39. The van der Waals surface area contributed by atoms with Crippen molar-refractivity contribution in [2.45, 2.75) is 37.6 Å². The van der Waals surface area contributed by atoms with E-state index in [2.05, 4.69) is 20.1 Å². The summed E-state index contributed by atoms with van der Waals surface area (Å²) in [6.45, 7) is 3.64. The Bertz CT molecular complexity index is 1200. The standard InChI is InChI=1S/C19H21N5O3S/c1-11-9-16(17-12(2)22-24(3)18(17)20-11)19(25)21-14-5-4-6-15(10-14)28(26,27)23-13-7-8-13/h4-6,9-10,13,23H,7-8H2,1-3H3,(H,21,25). The average molecular weight is 399 g/mol. The minimum atomic E-state index is -3.59. The number of carbonyl (C=O) groups is 1. The van der Waals surface area contributed by atoms with Crippen LogP contribution in [0.25, 0.3) is 11.0 Å². The van der Waals surface area contributed by atoms with Gasteiger partial charge in [0, 0.05) is 24.5 Å². The van der Waals surface area contributed by atoms with Gasteiger partial charge < -0.3 is 5.32 Å². The van der Waals surface area contributed by atoms with Gasteiger partial charge in [0.05, 0.1) is 21.5 Å². The van der Waals surface area contributed by atoms with Crippen molar-refractivity contribution in [3.63, 3.8) is 0 Å². The van der Waals surface area contributed by atoms with E-state index in [0.717, 1.165) is 12.8 Å². The lowest BCUT2D eigenvalue weighted by molar-refractivity contribution is 0.102. The molecule has 2 heterocycles. The predicted octanol–water partition coefficient (Wildman–Crippen LogP) is 2.28. The number of nitrogens with zero attached hydrogens (tertiary/aromatic N) is 3. The molecule has 0 spiro atoms. The van der Waals surface area contributed by atoms with Gasteiger partial charge in [-0.2, -0.15) is 5.10 Å². The zero-order chi connectivity index (χ0) is 20.1. The van der Waals surface area contributed by atoms with Gasteiger partial charge in [0.25, 0.3) is 5.91 Å². The summed E-state index contributed by atoms with van der Waals surface area (Å²) >= 11 is 0. The number of rotatable bonds is 5. The number of pyridine rings is 1. The first-order chi connectivity index (χ1) is 13.2.